The summed E-state index contributed by atoms with van der Waals surface area (Å²) in [5.74, 6) is 1.19. The molecule has 1 aliphatic carbocycles. The number of anilines is 1. The summed E-state index contributed by atoms with van der Waals surface area (Å²) >= 11 is 2.96. The molecule has 0 aromatic carbocycles. The minimum Gasteiger partial charge on any atom is -0.381 e. The van der Waals surface area contributed by atoms with Gasteiger partial charge < -0.3 is 10.1 Å². The molecule has 4 rings (SSSR count). The van der Waals surface area contributed by atoms with Gasteiger partial charge in [0.05, 0.1) is 4.88 Å². The summed E-state index contributed by atoms with van der Waals surface area (Å²) < 4.78 is 5.43. The highest BCUT2D eigenvalue weighted by atomic mass is 35.5. The quantitative estimate of drug-likeness (QED) is 0.732. The van der Waals surface area contributed by atoms with Gasteiger partial charge in [0.15, 0.2) is 0 Å². The van der Waals surface area contributed by atoms with Crippen molar-refractivity contribution in [1.82, 2.24) is 15.5 Å². The largest absolute Gasteiger partial charge is 0.381 e. The number of nitrogens with zero attached hydrogens (tertiary/aromatic N) is 2. The van der Waals surface area contributed by atoms with Gasteiger partial charge in [-0.05, 0) is 57.2 Å². The highest BCUT2D eigenvalue weighted by Crippen LogP contribution is 2.44. The zero-order valence-corrected chi connectivity index (χ0v) is 17.9. The lowest BCUT2D eigenvalue weighted by molar-refractivity contribution is 0.0662. The van der Waals surface area contributed by atoms with Crippen LogP contribution in [-0.2, 0) is 4.74 Å². The van der Waals surface area contributed by atoms with Gasteiger partial charge in [-0.1, -0.05) is 11.3 Å². The van der Waals surface area contributed by atoms with Crippen molar-refractivity contribution in [3.63, 3.8) is 0 Å². The van der Waals surface area contributed by atoms with Crippen LogP contribution in [0.25, 0.3) is 0 Å². The van der Waals surface area contributed by atoms with Gasteiger partial charge in [0.2, 0.25) is 5.13 Å². The topological polar surface area (TPSA) is 76.1 Å². The van der Waals surface area contributed by atoms with Gasteiger partial charge in [-0.2, -0.15) is 0 Å². The maximum absolute atomic E-state index is 12.5. The summed E-state index contributed by atoms with van der Waals surface area (Å²) in [4.78, 5) is 14.4. The van der Waals surface area contributed by atoms with Crippen LogP contribution < -0.4 is 10.6 Å². The maximum Gasteiger partial charge on any atom is 0.267 e. The van der Waals surface area contributed by atoms with Gasteiger partial charge >= 0.3 is 0 Å². The van der Waals surface area contributed by atoms with E-state index >= 15 is 0 Å². The maximum atomic E-state index is 12.5. The standard InChI is InChI=1S/C18H24N4O2S2.ClH/c1-10-13(14-7-15(14)19-9-12-3-5-24-6-4-12)8-16(25-10)17(23)20-18-22-21-11(2)26-18;/h8,12,14-15,19H,3-7,9H2,1-2H3,(H,20,22,23);1H/t14-,15+;/m1./s1. The Morgan fingerprint density at radius 2 is 2.04 bits per heavy atom. The highest BCUT2D eigenvalue weighted by molar-refractivity contribution is 7.16. The van der Waals surface area contributed by atoms with E-state index in [-0.39, 0.29) is 18.3 Å². The van der Waals surface area contributed by atoms with Gasteiger partial charge in [0.25, 0.3) is 5.91 Å². The molecule has 2 fully saturated rings. The predicted octanol–water partition coefficient (Wildman–Crippen LogP) is 3.76. The van der Waals surface area contributed by atoms with Gasteiger partial charge in [0, 0.05) is 30.1 Å². The van der Waals surface area contributed by atoms with Crippen molar-refractivity contribution >= 4 is 46.1 Å². The molecule has 1 amide bonds. The van der Waals surface area contributed by atoms with Crippen LogP contribution in [0, 0.1) is 19.8 Å². The van der Waals surface area contributed by atoms with Gasteiger partial charge in [-0.25, -0.2) is 0 Å². The summed E-state index contributed by atoms with van der Waals surface area (Å²) in [6, 6.07) is 2.61. The number of carbonyl (C=O) groups is 1. The Morgan fingerprint density at radius 1 is 1.26 bits per heavy atom. The third-order valence-electron chi connectivity index (χ3n) is 5.13. The molecule has 2 aromatic rings. The van der Waals surface area contributed by atoms with Crippen LogP contribution >= 0.6 is 35.1 Å². The summed E-state index contributed by atoms with van der Waals surface area (Å²) in [7, 11) is 0. The number of aromatic nitrogens is 2. The van der Waals surface area contributed by atoms with Crippen molar-refractivity contribution in [1.29, 1.82) is 0 Å². The third-order valence-corrected chi connectivity index (χ3v) is 6.95. The zero-order chi connectivity index (χ0) is 18.1. The molecule has 148 valence electrons. The first-order chi connectivity index (χ1) is 12.6. The first kappa shape index (κ1) is 20.7. The van der Waals surface area contributed by atoms with Crippen LogP contribution in [0.2, 0.25) is 0 Å². The van der Waals surface area contributed by atoms with Crippen molar-refractivity contribution in [2.45, 2.75) is 45.1 Å². The van der Waals surface area contributed by atoms with Crippen molar-refractivity contribution < 1.29 is 9.53 Å². The lowest BCUT2D eigenvalue weighted by atomic mass is 10.0. The van der Waals surface area contributed by atoms with E-state index in [4.69, 9.17) is 4.74 Å². The van der Waals surface area contributed by atoms with Crippen LogP contribution in [0.3, 0.4) is 0 Å². The van der Waals surface area contributed by atoms with Crippen molar-refractivity contribution in [2.24, 2.45) is 5.92 Å². The Labute approximate surface area is 173 Å². The molecule has 27 heavy (non-hydrogen) atoms. The van der Waals surface area contributed by atoms with E-state index in [1.54, 1.807) is 11.3 Å². The van der Waals surface area contributed by atoms with E-state index in [9.17, 15) is 4.79 Å². The van der Waals surface area contributed by atoms with Crippen molar-refractivity contribution in [3.05, 3.63) is 26.4 Å². The van der Waals surface area contributed by atoms with Gasteiger partial charge in [-0.15, -0.1) is 33.9 Å². The second kappa shape index (κ2) is 8.96. The van der Waals surface area contributed by atoms with E-state index in [1.165, 1.54) is 21.8 Å². The second-order valence-corrected chi connectivity index (χ2v) is 9.55. The number of ether oxygens (including phenoxy) is 1. The lowest BCUT2D eigenvalue weighted by Gasteiger charge is -2.22. The fraction of sp³-hybridized carbons (Fsp3) is 0.611. The Kier molecular flexibility index (Phi) is 6.86. The van der Waals surface area contributed by atoms with E-state index in [2.05, 4.69) is 33.8 Å². The number of aryl methyl sites for hydroxylation is 2. The number of halogens is 1. The number of rotatable bonds is 6. The number of nitrogens with one attached hydrogen (secondary N) is 2. The summed E-state index contributed by atoms with van der Waals surface area (Å²) in [5.41, 5.74) is 1.32. The highest BCUT2D eigenvalue weighted by Gasteiger charge is 2.40. The number of thiophene rings is 1. The summed E-state index contributed by atoms with van der Waals surface area (Å²) in [6.07, 6.45) is 3.49. The number of carbonyl (C=O) groups excluding carboxylic acids is 1. The van der Waals surface area contributed by atoms with Crippen molar-refractivity contribution in [3.8, 4) is 0 Å². The van der Waals surface area contributed by atoms with Crippen molar-refractivity contribution in [2.75, 3.05) is 25.1 Å². The number of hydrogen-bond donors (Lipinski definition) is 2. The van der Waals surface area contributed by atoms with Crippen LogP contribution in [0.15, 0.2) is 6.07 Å². The Hall–Kier alpha value is -1.06. The SMILES string of the molecule is Cc1nnc(NC(=O)c2cc([C@H]3C[C@@H]3NCC3CCOCC3)c(C)s2)s1.Cl. The van der Waals surface area contributed by atoms with E-state index in [1.807, 2.05) is 6.92 Å². The molecule has 3 heterocycles. The third kappa shape index (κ3) is 5.06. The smallest absolute Gasteiger partial charge is 0.267 e. The normalized spacial score (nSPS) is 22.3. The molecule has 0 spiro atoms. The monoisotopic (exact) mass is 428 g/mol. The first-order valence-electron chi connectivity index (χ1n) is 9.13. The molecule has 1 saturated heterocycles. The van der Waals surface area contributed by atoms with Gasteiger partial charge in [0.1, 0.15) is 5.01 Å². The Balaban J connectivity index is 0.00000210. The predicted molar refractivity (Wildman–Crippen MR) is 112 cm³/mol. The molecule has 0 radical (unpaired) electrons. The number of amides is 1. The van der Waals surface area contributed by atoms with E-state index < -0.39 is 0 Å². The summed E-state index contributed by atoms with van der Waals surface area (Å²) in [6.45, 7) is 6.87. The second-order valence-electron chi connectivity index (χ2n) is 7.12. The summed E-state index contributed by atoms with van der Waals surface area (Å²) in [5, 5.41) is 15.9. The molecule has 2 N–H and O–H groups in total. The molecule has 2 atom stereocenters. The van der Waals surface area contributed by atoms with E-state index in [0.717, 1.165) is 54.8 Å². The van der Waals surface area contributed by atoms with Crippen LogP contribution in [-0.4, -0.2) is 41.9 Å². The average Bonchev–Trinajstić information content (AvgIpc) is 3.12. The average molecular weight is 429 g/mol. The minimum absolute atomic E-state index is 0. The molecule has 0 bridgehead atoms. The fourth-order valence-electron chi connectivity index (χ4n) is 3.51. The lowest BCUT2D eigenvalue weighted by Crippen LogP contribution is -2.29. The molecule has 0 unspecified atom stereocenters. The minimum atomic E-state index is -0.0899. The molecular formula is C18H25ClN4O2S2. The zero-order valence-electron chi connectivity index (χ0n) is 15.5. The molecule has 2 aliphatic rings. The van der Waals surface area contributed by atoms with Crippen LogP contribution in [0.1, 0.15) is 50.3 Å². The molecule has 1 aliphatic heterocycles. The fourth-order valence-corrected chi connectivity index (χ4v) is 5.09. The molecule has 2 aromatic heterocycles. The molecular weight excluding hydrogens is 404 g/mol. The van der Waals surface area contributed by atoms with E-state index in [0.29, 0.717) is 17.1 Å². The van der Waals surface area contributed by atoms with Crippen LogP contribution in [0.5, 0.6) is 0 Å². The first-order valence-corrected chi connectivity index (χ1v) is 10.8. The molecule has 1 saturated carbocycles. The molecule has 6 nitrogen and oxygen atoms in total. The van der Waals surface area contributed by atoms with Gasteiger partial charge in [-0.3, -0.25) is 10.1 Å². The molecule has 9 heteroatoms. The Morgan fingerprint density at radius 3 is 2.74 bits per heavy atom. The number of hydrogen-bond acceptors (Lipinski definition) is 7. The van der Waals surface area contributed by atoms with Crippen LogP contribution in [0.4, 0.5) is 5.13 Å². The Bertz CT molecular complexity index is 788.